The Balaban J connectivity index is 1.38. The van der Waals surface area contributed by atoms with E-state index in [2.05, 4.69) is 47.0 Å². The zero-order valence-corrected chi connectivity index (χ0v) is 18.2. The minimum Gasteiger partial charge on any atom is -0.338 e. The average molecular weight is 428 g/mol. The van der Waals surface area contributed by atoms with Crippen molar-refractivity contribution in [1.82, 2.24) is 14.5 Å². The van der Waals surface area contributed by atoms with Crippen LogP contribution < -0.4 is 0 Å². The fourth-order valence-corrected chi connectivity index (χ4v) is 4.69. The number of piperidine rings is 1. The maximum Gasteiger partial charge on any atom is 0.253 e. The molecule has 3 aromatic carbocycles. The van der Waals surface area contributed by atoms with Crippen LogP contribution in [-0.2, 0) is 6.42 Å². The minimum absolute atomic E-state index is 0.0217. The van der Waals surface area contributed by atoms with Crippen LogP contribution in [0.3, 0.4) is 0 Å². The molecule has 0 spiro atoms. The summed E-state index contributed by atoms with van der Waals surface area (Å²) in [7, 11) is 0. The zero-order chi connectivity index (χ0) is 22.1. The van der Waals surface area contributed by atoms with Gasteiger partial charge in [0.25, 0.3) is 5.91 Å². The van der Waals surface area contributed by atoms with Gasteiger partial charge in [-0.2, -0.15) is 0 Å². The fourth-order valence-electron chi connectivity index (χ4n) is 4.69. The normalized spacial score (nSPS) is 14.8. The van der Waals surface area contributed by atoms with Crippen molar-refractivity contribution in [3.8, 4) is 0 Å². The summed E-state index contributed by atoms with van der Waals surface area (Å²) in [6.45, 7) is 3.05. The first-order valence-corrected chi connectivity index (χ1v) is 11.2. The second kappa shape index (κ2) is 8.58. The Morgan fingerprint density at radius 3 is 2.47 bits per heavy atom. The number of hydrogen-bond donors (Lipinski definition) is 0. The van der Waals surface area contributed by atoms with E-state index in [-0.39, 0.29) is 11.7 Å². The molecule has 162 valence electrons. The predicted octanol–water partition coefficient (Wildman–Crippen LogP) is 5.55. The number of fused-ring (bicyclic) bond motifs is 1. The molecule has 0 unspecified atom stereocenters. The monoisotopic (exact) mass is 427 g/mol. The van der Waals surface area contributed by atoms with Crippen LogP contribution in [-0.4, -0.2) is 33.4 Å². The molecule has 1 saturated heterocycles. The smallest absolute Gasteiger partial charge is 0.253 e. The summed E-state index contributed by atoms with van der Waals surface area (Å²) in [6, 6.07) is 23.6. The Bertz CT molecular complexity index is 1260. The maximum atomic E-state index is 13.6. The Labute approximate surface area is 187 Å². The lowest BCUT2D eigenvalue weighted by molar-refractivity contribution is 0.0695. The Morgan fingerprint density at radius 2 is 1.72 bits per heavy atom. The van der Waals surface area contributed by atoms with Crippen LogP contribution in [0.25, 0.3) is 11.0 Å². The van der Waals surface area contributed by atoms with Crippen molar-refractivity contribution in [3.63, 3.8) is 0 Å². The highest BCUT2D eigenvalue weighted by Crippen LogP contribution is 2.30. The first kappa shape index (κ1) is 20.4. The van der Waals surface area contributed by atoms with Gasteiger partial charge < -0.3 is 9.47 Å². The molecular weight excluding hydrogens is 401 g/mol. The highest BCUT2D eigenvalue weighted by Gasteiger charge is 2.27. The number of imidazole rings is 1. The molecule has 4 aromatic rings. The van der Waals surface area contributed by atoms with E-state index in [9.17, 15) is 9.18 Å². The number of aryl methyl sites for hydroxylation is 1. The topological polar surface area (TPSA) is 38.1 Å². The molecule has 5 rings (SSSR count). The fraction of sp³-hybridized carbons (Fsp3) is 0.259. The van der Waals surface area contributed by atoms with Gasteiger partial charge in [-0.3, -0.25) is 4.79 Å². The lowest BCUT2D eigenvalue weighted by Crippen LogP contribution is -2.39. The van der Waals surface area contributed by atoms with Gasteiger partial charge in [0, 0.05) is 31.1 Å². The molecular formula is C27H26FN3O. The highest BCUT2D eigenvalue weighted by atomic mass is 19.1. The second-order valence-electron chi connectivity index (χ2n) is 8.54. The van der Waals surface area contributed by atoms with Crippen molar-refractivity contribution in [1.29, 1.82) is 0 Å². The second-order valence-corrected chi connectivity index (χ2v) is 8.54. The number of likely N-dealkylation sites (tertiary alicyclic amines) is 1. The summed E-state index contributed by atoms with van der Waals surface area (Å²) in [6.07, 6.45) is 2.52. The number of aromatic nitrogens is 2. The van der Waals surface area contributed by atoms with E-state index in [1.54, 1.807) is 19.1 Å². The lowest BCUT2D eigenvalue weighted by atomic mass is 10.0. The van der Waals surface area contributed by atoms with Crippen LogP contribution in [0.2, 0.25) is 0 Å². The molecule has 2 heterocycles. The van der Waals surface area contributed by atoms with E-state index in [0.29, 0.717) is 30.3 Å². The maximum absolute atomic E-state index is 13.6. The number of hydrogen-bond acceptors (Lipinski definition) is 2. The predicted molar refractivity (Wildman–Crippen MR) is 124 cm³/mol. The van der Waals surface area contributed by atoms with Crippen LogP contribution in [0, 0.1) is 12.7 Å². The Kier molecular flexibility index (Phi) is 5.48. The average Bonchev–Trinajstić information content (AvgIpc) is 3.19. The third-order valence-corrected chi connectivity index (χ3v) is 6.40. The van der Waals surface area contributed by atoms with Gasteiger partial charge in [0.2, 0.25) is 0 Å². The number of carbonyl (C=O) groups excluding carboxylic acids is 1. The molecule has 1 amide bonds. The molecule has 0 radical (unpaired) electrons. The lowest BCUT2D eigenvalue weighted by Gasteiger charge is -2.34. The molecule has 1 fully saturated rings. The molecule has 0 aliphatic carbocycles. The van der Waals surface area contributed by atoms with Gasteiger partial charge in [-0.05, 0) is 61.2 Å². The first-order chi connectivity index (χ1) is 15.6. The summed E-state index contributed by atoms with van der Waals surface area (Å²) in [5.41, 5.74) is 4.46. The SMILES string of the molecule is Cc1cc(C(=O)N2CCC(n3c(Cc4ccccc4)nc4ccccc43)CC2)ccc1F. The summed E-state index contributed by atoms with van der Waals surface area (Å²) >= 11 is 0. The standard InChI is InChI=1S/C27H26FN3O/c1-19-17-21(11-12-23(19)28)27(32)30-15-13-22(14-16-30)31-25-10-6-5-9-24(25)29-26(31)18-20-7-3-2-4-8-20/h2-12,17,22H,13-16,18H2,1H3. The Morgan fingerprint density at radius 1 is 1.00 bits per heavy atom. The van der Waals surface area contributed by atoms with E-state index in [4.69, 9.17) is 4.98 Å². The van der Waals surface area contributed by atoms with Crippen molar-refractivity contribution in [2.24, 2.45) is 0 Å². The van der Waals surface area contributed by atoms with Crippen LogP contribution in [0.15, 0.2) is 72.8 Å². The minimum atomic E-state index is -0.279. The molecule has 5 heteroatoms. The Hall–Kier alpha value is -3.47. The third-order valence-electron chi connectivity index (χ3n) is 6.40. The van der Waals surface area contributed by atoms with Crippen LogP contribution >= 0.6 is 0 Å². The van der Waals surface area contributed by atoms with Crippen molar-refractivity contribution < 1.29 is 9.18 Å². The first-order valence-electron chi connectivity index (χ1n) is 11.2. The van der Waals surface area contributed by atoms with Gasteiger partial charge in [-0.25, -0.2) is 9.37 Å². The third kappa shape index (κ3) is 3.91. The van der Waals surface area contributed by atoms with E-state index in [0.717, 1.165) is 36.1 Å². The van der Waals surface area contributed by atoms with Gasteiger partial charge in [-0.15, -0.1) is 0 Å². The van der Waals surface area contributed by atoms with Crippen LogP contribution in [0.1, 0.15) is 46.2 Å². The van der Waals surface area contributed by atoms with Crippen LogP contribution in [0.5, 0.6) is 0 Å². The summed E-state index contributed by atoms with van der Waals surface area (Å²) in [5.74, 6) is 0.765. The molecule has 1 aromatic heterocycles. The van der Waals surface area contributed by atoms with E-state index in [1.807, 2.05) is 17.0 Å². The number of nitrogens with zero attached hydrogens (tertiary/aromatic N) is 3. The molecule has 0 atom stereocenters. The van der Waals surface area contributed by atoms with E-state index >= 15 is 0 Å². The summed E-state index contributed by atoms with van der Waals surface area (Å²) in [4.78, 5) is 19.8. The van der Waals surface area contributed by atoms with Crippen molar-refractivity contribution >= 4 is 16.9 Å². The van der Waals surface area contributed by atoms with E-state index in [1.165, 1.54) is 11.6 Å². The molecule has 0 N–H and O–H groups in total. The van der Waals surface area contributed by atoms with Crippen molar-refractivity contribution in [2.45, 2.75) is 32.2 Å². The molecule has 4 nitrogen and oxygen atoms in total. The number of rotatable bonds is 4. The van der Waals surface area contributed by atoms with Gasteiger partial charge in [0.05, 0.1) is 11.0 Å². The van der Waals surface area contributed by atoms with Gasteiger partial charge in [0.1, 0.15) is 11.6 Å². The number of benzene rings is 3. The highest BCUT2D eigenvalue weighted by molar-refractivity contribution is 5.94. The number of para-hydroxylation sites is 2. The molecule has 0 saturated carbocycles. The molecule has 32 heavy (non-hydrogen) atoms. The van der Waals surface area contributed by atoms with Gasteiger partial charge in [-0.1, -0.05) is 42.5 Å². The summed E-state index contributed by atoms with van der Waals surface area (Å²) < 4.78 is 16.0. The number of amides is 1. The van der Waals surface area contributed by atoms with Crippen LogP contribution in [0.4, 0.5) is 4.39 Å². The largest absolute Gasteiger partial charge is 0.338 e. The zero-order valence-electron chi connectivity index (χ0n) is 18.2. The molecule has 1 aliphatic rings. The van der Waals surface area contributed by atoms with Crippen molar-refractivity contribution in [3.05, 3.63) is 101 Å². The number of carbonyl (C=O) groups is 1. The van der Waals surface area contributed by atoms with E-state index < -0.39 is 0 Å². The van der Waals surface area contributed by atoms with Crippen molar-refractivity contribution in [2.75, 3.05) is 13.1 Å². The molecule has 1 aliphatic heterocycles. The van der Waals surface area contributed by atoms with Gasteiger partial charge >= 0.3 is 0 Å². The summed E-state index contributed by atoms with van der Waals surface area (Å²) in [5, 5.41) is 0. The quantitative estimate of drug-likeness (QED) is 0.428. The molecule has 0 bridgehead atoms. The number of halogens is 1. The van der Waals surface area contributed by atoms with Gasteiger partial charge in [0.15, 0.2) is 0 Å².